The summed E-state index contributed by atoms with van der Waals surface area (Å²) in [5, 5.41) is 17.4. The number of aliphatic hydroxyl groups is 1. The minimum absolute atomic E-state index is 0.0604. The van der Waals surface area contributed by atoms with Gasteiger partial charge in [-0.3, -0.25) is 9.59 Å². The van der Waals surface area contributed by atoms with Crippen molar-refractivity contribution >= 4 is 28.7 Å². The van der Waals surface area contributed by atoms with Gasteiger partial charge < -0.3 is 15.0 Å². The summed E-state index contributed by atoms with van der Waals surface area (Å²) in [7, 11) is 0. The Morgan fingerprint density at radius 3 is 2.61 bits per heavy atom. The molecule has 2 aromatic carbocycles. The van der Waals surface area contributed by atoms with Crippen LogP contribution in [0.25, 0.3) is 16.9 Å². The van der Waals surface area contributed by atoms with Gasteiger partial charge in [0.2, 0.25) is 0 Å². The first kappa shape index (κ1) is 21.5. The SMILES string of the molecule is O=C(N[C@H]1C[S+]([O-])C[C@H]1O)c1cc(-c2ccc(Cl)cc2)nn(-c2cccc(F)c2)c1=O. The molecule has 3 atom stereocenters. The number of hydrogen-bond acceptors (Lipinski definition) is 5. The van der Waals surface area contributed by atoms with Gasteiger partial charge in [0.15, 0.2) is 0 Å². The maximum Gasteiger partial charge on any atom is 0.284 e. The van der Waals surface area contributed by atoms with Crippen LogP contribution >= 0.6 is 11.6 Å². The summed E-state index contributed by atoms with van der Waals surface area (Å²) in [4.78, 5) is 26.0. The lowest BCUT2D eigenvalue weighted by molar-refractivity contribution is 0.0886. The summed E-state index contributed by atoms with van der Waals surface area (Å²) < 4.78 is 26.4. The minimum atomic E-state index is -1.25. The molecule has 1 amide bonds. The van der Waals surface area contributed by atoms with Crippen molar-refractivity contribution in [2.24, 2.45) is 0 Å². The molecule has 1 aromatic heterocycles. The van der Waals surface area contributed by atoms with E-state index in [9.17, 15) is 23.6 Å². The van der Waals surface area contributed by atoms with Gasteiger partial charge in [-0.2, -0.15) is 9.78 Å². The van der Waals surface area contributed by atoms with E-state index in [2.05, 4.69) is 10.4 Å². The van der Waals surface area contributed by atoms with E-state index in [4.69, 9.17) is 11.6 Å². The van der Waals surface area contributed by atoms with Gasteiger partial charge in [0.05, 0.1) is 11.4 Å². The van der Waals surface area contributed by atoms with Crippen LogP contribution < -0.4 is 10.9 Å². The van der Waals surface area contributed by atoms with Crippen molar-refractivity contribution in [1.29, 1.82) is 0 Å². The third kappa shape index (κ3) is 4.64. The summed E-state index contributed by atoms with van der Waals surface area (Å²) in [5.74, 6) is -1.15. The fourth-order valence-electron chi connectivity index (χ4n) is 3.27. The Bertz CT molecular complexity index is 1190. The highest BCUT2D eigenvalue weighted by Gasteiger charge is 2.37. The fraction of sp³-hybridized carbons (Fsp3) is 0.190. The topological polar surface area (TPSA) is 107 Å². The Labute approximate surface area is 184 Å². The molecule has 160 valence electrons. The largest absolute Gasteiger partial charge is 0.616 e. The molecule has 7 nitrogen and oxygen atoms in total. The molecule has 1 saturated heterocycles. The zero-order chi connectivity index (χ0) is 22.1. The average Bonchev–Trinajstić information content (AvgIpc) is 3.05. The molecule has 2 N–H and O–H groups in total. The molecule has 0 spiro atoms. The molecule has 1 aliphatic rings. The number of rotatable bonds is 4. The molecule has 0 bridgehead atoms. The normalized spacial score (nSPS) is 20.6. The van der Waals surface area contributed by atoms with Gasteiger partial charge in [0, 0.05) is 10.6 Å². The molecule has 1 aliphatic heterocycles. The number of nitrogens with zero attached hydrogens (tertiary/aromatic N) is 2. The third-order valence-corrected chi connectivity index (χ3v) is 6.55. The van der Waals surface area contributed by atoms with Gasteiger partial charge in [-0.15, -0.1) is 0 Å². The van der Waals surface area contributed by atoms with Gasteiger partial charge in [-0.05, 0) is 47.6 Å². The molecule has 4 rings (SSSR count). The predicted molar refractivity (Wildman–Crippen MR) is 115 cm³/mol. The first-order valence-corrected chi connectivity index (χ1v) is 11.2. The van der Waals surface area contributed by atoms with Crippen LogP contribution in [0.3, 0.4) is 0 Å². The fourth-order valence-corrected chi connectivity index (χ4v) is 4.85. The van der Waals surface area contributed by atoms with Gasteiger partial charge in [-0.25, -0.2) is 4.39 Å². The number of carbonyl (C=O) groups excluding carboxylic acids is 1. The molecule has 3 aromatic rings. The molecule has 1 unspecified atom stereocenters. The van der Waals surface area contributed by atoms with E-state index in [1.165, 1.54) is 24.3 Å². The molecular weight excluding hydrogens is 445 g/mol. The van der Waals surface area contributed by atoms with Gasteiger partial charge in [-0.1, -0.05) is 29.8 Å². The van der Waals surface area contributed by atoms with Crippen LogP contribution in [0.2, 0.25) is 5.02 Å². The zero-order valence-corrected chi connectivity index (χ0v) is 17.6. The van der Waals surface area contributed by atoms with Crippen molar-refractivity contribution in [3.8, 4) is 16.9 Å². The van der Waals surface area contributed by atoms with Gasteiger partial charge in [0.25, 0.3) is 11.5 Å². The lowest BCUT2D eigenvalue weighted by Gasteiger charge is -2.15. The van der Waals surface area contributed by atoms with Crippen LogP contribution in [0, 0.1) is 5.82 Å². The number of halogens is 2. The molecule has 2 heterocycles. The standard InChI is InChI=1S/C21H17ClFN3O4S/c22-13-6-4-12(5-7-13)17-9-16(20(28)24-18-10-31(30)11-19(18)27)21(29)26(25-17)15-3-1-2-14(23)8-15/h1-9,18-19,27H,10-11H2,(H,24,28)/t18-,19+,31?/m0/s1. The zero-order valence-electron chi connectivity index (χ0n) is 16.0. The van der Waals surface area contributed by atoms with Crippen molar-refractivity contribution in [2.45, 2.75) is 12.1 Å². The maximum atomic E-state index is 13.8. The summed E-state index contributed by atoms with van der Waals surface area (Å²) >= 11 is 4.69. The number of aliphatic hydroxyl groups excluding tert-OH is 1. The molecule has 31 heavy (non-hydrogen) atoms. The Kier molecular flexibility index (Phi) is 6.10. The van der Waals surface area contributed by atoms with Crippen molar-refractivity contribution in [3.05, 3.63) is 81.4 Å². The summed E-state index contributed by atoms with van der Waals surface area (Å²) in [6, 6.07) is 12.5. The van der Waals surface area contributed by atoms with Crippen LogP contribution in [0.1, 0.15) is 10.4 Å². The lowest BCUT2D eigenvalue weighted by Crippen LogP contribution is -2.44. The highest BCUT2D eigenvalue weighted by Crippen LogP contribution is 2.21. The second-order valence-electron chi connectivity index (χ2n) is 7.07. The highest BCUT2D eigenvalue weighted by atomic mass is 35.5. The number of carbonyl (C=O) groups is 1. The number of amides is 1. The van der Waals surface area contributed by atoms with Crippen LogP contribution in [0.5, 0.6) is 0 Å². The van der Waals surface area contributed by atoms with Crippen molar-refractivity contribution in [2.75, 3.05) is 11.5 Å². The van der Waals surface area contributed by atoms with E-state index >= 15 is 0 Å². The number of benzene rings is 2. The Morgan fingerprint density at radius 2 is 1.97 bits per heavy atom. The Morgan fingerprint density at radius 1 is 1.23 bits per heavy atom. The number of aromatic nitrogens is 2. The quantitative estimate of drug-likeness (QED) is 0.577. The summed E-state index contributed by atoms with van der Waals surface area (Å²) in [5.41, 5.74) is 0.0345. The van der Waals surface area contributed by atoms with Crippen LogP contribution in [-0.2, 0) is 11.2 Å². The molecule has 0 radical (unpaired) electrons. The van der Waals surface area contributed by atoms with Crippen molar-refractivity contribution in [1.82, 2.24) is 15.1 Å². The summed E-state index contributed by atoms with van der Waals surface area (Å²) in [6.45, 7) is 0. The van der Waals surface area contributed by atoms with Crippen LogP contribution in [0.4, 0.5) is 4.39 Å². The molecule has 0 saturated carbocycles. The van der Waals surface area contributed by atoms with Crippen molar-refractivity contribution in [3.63, 3.8) is 0 Å². The smallest absolute Gasteiger partial charge is 0.284 e. The van der Waals surface area contributed by atoms with E-state index in [0.29, 0.717) is 16.3 Å². The van der Waals surface area contributed by atoms with Gasteiger partial charge in [0.1, 0.15) is 35.0 Å². The third-order valence-electron chi connectivity index (χ3n) is 4.85. The van der Waals surface area contributed by atoms with E-state index in [-0.39, 0.29) is 22.8 Å². The number of hydrogen-bond donors (Lipinski definition) is 2. The Hall–Kier alpha value is -2.72. The molecule has 1 fully saturated rings. The maximum absolute atomic E-state index is 13.8. The summed E-state index contributed by atoms with van der Waals surface area (Å²) in [6.07, 6.45) is -0.965. The molecule has 10 heteroatoms. The highest BCUT2D eigenvalue weighted by molar-refractivity contribution is 7.91. The second kappa shape index (κ2) is 8.80. The number of nitrogens with one attached hydrogen (secondary N) is 1. The Balaban J connectivity index is 1.80. The second-order valence-corrected chi connectivity index (χ2v) is 9.05. The van der Waals surface area contributed by atoms with E-state index in [1.54, 1.807) is 24.3 Å². The predicted octanol–water partition coefficient (Wildman–Crippen LogP) is 1.91. The molecule has 0 aliphatic carbocycles. The minimum Gasteiger partial charge on any atom is -0.616 e. The van der Waals surface area contributed by atoms with Gasteiger partial charge >= 0.3 is 0 Å². The van der Waals surface area contributed by atoms with E-state index in [1.807, 2.05) is 0 Å². The molecular formula is C21H17ClFN3O4S. The monoisotopic (exact) mass is 461 g/mol. The lowest BCUT2D eigenvalue weighted by atomic mass is 10.1. The van der Waals surface area contributed by atoms with E-state index < -0.39 is 40.6 Å². The first-order chi connectivity index (χ1) is 14.8. The average molecular weight is 462 g/mol. The van der Waals surface area contributed by atoms with E-state index in [0.717, 1.165) is 10.7 Å². The van der Waals surface area contributed by atoms with Crippen molar-refractivity contribution < 1.29 is 18.8 Å². The van der Waals surface area contributed by atoms with Crippen LogP contribution in [0.15, 0.2) is 59.4 Å². The first-order valence-electron chi connectivity index (χ1n) is 9.32. The van der Waals surface area contributed by atoms with Crippen LogP contribution in [-0.4, -0.2) is 49.0 Å².